The molecule has 0 radical (unpaired) electrons. The van der Waals surface area contributed by atoms with E-state index in [0.717, 1.165) is 22.9 Å². The van der Waals surface area contributed by atoms with Gasteiger partial charge in [-0.25, -0.2) is 9.97 Å². The summed E-state index contributed by atoms with van der Waals surface area (Å²) in [5, 5.41) is 4.93. The molecular formula is C12H17ClN4S. The maximum absolute atomic E-state index is 6.04. The van der Waals surface area contributed by atoms with Crippen molar-refractivity contribution >= 4 is 22.9 Å². The fourth-order valence-corrected chi connectivity index (χ4v) is 3.19. The van der Waals surface area contributed by atoms with Gasteiger partial charge in [0, 0.05) is 11.9 Å². The SMILES string of the molecule is CCc1nc(C(NC)c2ncc(Cl)n2C)sc1C. The van der Waals surface area contributed by atoms with Crippen molar-refractivity contribution < 1.29 is 0 Å². The molecule has 2 aromatic rings. The first-order valence-electron chi connectivity index (χ1n) is 5.89. The van der Waals surface area contributed by atoms with Crippen molar-refractivity contribution in [3.05, 3.63) is 32.8 Å². The van der Waals surface area contributed by atoms with Crippen LogP contribution in [0.2, 0.25) is 5.15 Å². The fraction of sp³-hybridized carbons (Fsp3) is 0.500. The van der Waals surface area contributed by atoms with Crippen LogP contribution in [-0.4, -0.2) is 21.6 Å². The van der Waals surface area contributed by atoms with Crippen LogP contribution in [0.5, 0.6) is 0 Å². The summed E-state index contributed by atoms with van der Waals surface area (Å²) in [7, 11) is 3.83. The predicted molar refractivity (Wildman–Crippen MR) is 75.3 cm³/mol. The maximum atomic E-state index is 6.04. The van der Waals surface area contributed by atoms with Gasteiger partial charge in [-0.15, -0.1) is 11.3 Å². The Kier molecular flexibility index (Phi) is 4.04. The summed E-state index contributed by atoms with van der Waals surface area (Å²) in [6.45, 7) is 4.23. The number of hydrogen-bond donors (Lipinski definition) is 1. The second kappa shape index (κ2) is 5.38. The Labute approximate surface area is 116 Å². The van der Waals surface area contributed by atoms with E-state index in [-0.39, 0.29) is 6.04 Å². The van der Waals surface area contributed by atoms with Gasteiger partial charge in [-0.3, -0.25) is 0 Å². The van der Waals surface area contributed by atoms with Gasteiger partial charge in [-0.1, -0.05) is 18.5 Å². The lowest BCUT2D eigenvalue weighted by Crippen LogP contribution is -2.21. The highest BCUT2D eigenvalue weighted by Gasteiger charge is 2.22. The molecule has 0 aliphatic heterocycles. The van der Waals surface area contributed by atoms with Gasteiger partial charge in [-0.05, 0) is 20.4 Å². The van der Waals surface area contributed by atoms with Gasteiger partial charge in [-0.2, -0.15) is 0 Å². The van der Waals surface area contributed by atoms with E-state index in [2.05, 4.69) is 29.1 Å². The monoisotopic (exact) mass is 284 g/mol. The number of thiazole rings is 1. The number of rotatable bonds is 4. The normalized spacial score (nSPS) is 12.9. The van der Waals surface area contributed by atoms with Crippen molar-refractivity contribution in [2.45, 2.75) is 26.3 Å². The second-order valence-electron chi connectivity index (χ2n) is 4.13. The number of nitrogens with one attached hydrogen (secondary N) is 1. The topological polar surface area (TPSA) is 42.7 Å². The minimum absolute atomic E-state index is 0.00787. The average molecular weight is 285 g/mol. The molecule has 2 rings (SSSR count). The summed E-state index contributed by atoms with van der Waals surface area (Å²) in [6, 6.07) is -0.00787. The van der Waals surface area contributed by atoms with Crippen LogP contribution < -0.4 is 5.32 Å². The smallest absolute Gasteiger partial charge is 0.133 e. The van der Waals surface area contributed by atoms with Crippen LogP contribution in [-0.2, 0) is 13.5 Å². The molecular weight excluding hydrogens is 268 g/mol. The van der Waals surface area contributed by atoms with E-state index < -0.39 is 0 Å². The summed E-state index contributed by atoms with van der Waals surface area (Å²) < 4.78 is 1.88. The van der Waals surface area contributed by atoms with Crippen molar-refractivity contribution in [1.82, 2.24) is 19.9 Å². The van der Waals surface area contributed by atoms with Gasteiger partial charge in [0.05, 0.1) is 11.9 Å². The molecule has 6 heteroatoms. The van der Waals surface area contributed by atoms with Crippen molar-refractivity contribution in [3.8, 4) is 0 Å². The predicted octanol–water partition coefficient (Wildman–Crippen LogP) is 2.71. The van der Waals surface area contributed by atoms with E-state index in [0.29, 0.717) is 5.15 Å². The van der Waals surface area contributed by atoms with Crippen LogP contribution in [0, 0.1) is 6.92 Å². The van der Waals surface area contributed by atoms with Gasteiger partial charge >= 0.3 is 0 Å². The van der Waals surface area contributed by atoms with Gasteiger partial charge in [0.15, 0.2) is 0 Å². The summed E-state index contributed by atoms with van der Waals surface area (Å²) in [4.78, 5) is 10.3. The third-order valence-electron chi connectivity index (χ3n) is 3.01. The lowest BCUT2D eigenvalue weighted by molar-refractivity contribution is 0.612. The molecule has 1 unspecified atom stereocenters. The molecule has 4 nitrogen and oxygen atoms in total. The molecule has 1 atom stereocenters. The molecule has 0 bridgehead atoms. The third kappa shape index (κ3) is 2.30. The zero-order chi connectivity index (χ0) is 13.3. The molecule has 98 valence electrons. The summed E-state index contributed by atoms with van der Waals surface area (Å²) in [5.74, 6) is 0.888. The van der Waals surface area contributed by atoms with Crippen LogP contribution in [0.3, 0.4) is 0 Å². The molecule has 0 fully saturated rings. The van der Waals surface area contributed by atoms with Crippen molar-refractivity contribution in [2.24, 2.45) is 7.05 Å². The minimum atomic E-state index is -0.00787. The molecule has 0 spiro atoms. The summed E-state index contributed by atoms with van der Waals surface area (Å²) in [6.07, 6.45) is 2.63. The lowest BCUT2D eigenvalue weighted by Gasteiger charge is -2.13. The van der Waals surface area contributed by atoms with E-state index in [1.54, 1.807) is 17.5 Å². The van der Waals surface area contributed by atoms with Crippen LogP contribution in [0.4, 0.5) is 0 Å². The van der Waals surface area contributed by atoms with E-state index in [9.17, 15) is 0 Å². The number of aromatic nitrogens is 3. The van der Waals surface area contributed by atoms with Gasteiger partial charge in [0.2, 0.25) is 0 Å². The molecule has 0 saturated heterocycles. The lowest BCUT2D eigenvalue weighted by atomic mass is 10.2. The number of aryl methyl sites for hydroxylation is 2. The highest BCUT2D eigenvalue weighted by Crippen LogP contribution is 2.28. The number of halogens is 1. The standard InChI is InChI=1S/C12H17ClN4S/c1-5-8-7(2)18-12(16-8)10(14-3)11-15-6-9(13)17(11)4/h6,10,14H,5H2,1-4H3. The number of nitrogens with zero attached hydrogens (tertiary/aromatic N) is 3. The van der Waals surface area contributed by atoms with Crippen molar-refractivity contribution in [3.63, 3.8) is 0 Å². The fourth-order valence-electron chi connectivity index (χ4n) is 1.94. The molecule has 0 aromatic carbocycles. The van der Waals surface area contributed by atoms with E-state index in [1.165, 1.54) is 4.88 Å². The molecule has 0 saturated carbocycles. The Balaban J connectivity index is 2.42. The number of hydrogen-bond acceptors (Lipinski definition) is 4. The molecule has 0 aliphatic carbocycles. The molecule has 2 aromatic heterocycles. The summed E-state index contributed by atoms with van der Waals surface area (Å²) >= 11 is 7.75. The van der Waals surface area contributed by atoms with Crippen LogP contribution >= 0.6 is 22.9 Å². The Morgan fingerprint density at radius 3 is 2.72 bits per heavy atom. The van der Waals surface area contributed by atoms with E-state index in [4.69, 9.17) is 11.6 Å². The molecule has 0 aliphatic rings. The first-order valence-corrected chi connectivity index (χ1v) is 7.08. The summed E-state index contributed by atoms with van der Waals surface area (Å²) in [5.41, 5.74) is 1.16. The first-order chi connectivity index (χ1) is 8.58. The quantitative estimate of drug-likeness (QED) is 0.939. The van der Waals surface area contributed by atoms with Crippen LogP contribution in [0.1, 0.15) is 34.4 Å². The highest BCUT2D eigenvalue weighted by molar-refractivity contribution is 7.11. The first kappa shape index (κ1) is 13.5. The van der Waals surface area contributed by atoms with Gasteiger partial charge in [0.1, 0.15) is 22.0 Å². The van der Waals surface area contributed by atoms with Gasteiger partial charge in [0.25, 0.3) is 0 Å². The largest absolute Gasteiger partial charge is 0.321 e. The van der Waals surface area contributed by atoms with E-state index >= 15 is 0 Å². The zero-order valence-corrected chi connectivity index (χ0v) is 12.6. The molecule has 2 heterocycles. The van der Waals surface area contributed by atoms with Crippen LogP contribution in [0.15, 0.2) is 6.20 Å². The molecule has 18 heavy (non-hydrogen) atoms. The Morgan fingerprint density at radius 1 is 1.56 bits per heavy atom. The zero-order valence-electron chi connectivity index (χ0n) is 11.0. The van der Waals surface area contributed by atoms with E-state index in [1.807, 2.05) is 18.7 Å². The molecule has 1 N–H and O–H groups in total. The van der Waals surface area contributed by atoms with Crippen molar-refractivity contribution in [2.75, 3.05) is 7.05 Å². The van der Waals surface area contributed by atoms with Crippen LogP contribution in [0.25, 0.3) is 0 Å². The Hall–Kier alpha value is -0.910. The maximum Gasteiger partial charge on any atom is 0.133 e. The number of imidazole rings is 1. The molecule has 0 amide bonds. The van der Waals surface area contributed by atoms with Gasteiger partial charge < -0.3 is 9.88 Å². The average Bonchev–Trinajstić information content (AvgIpc) is 2.88. The van der Waals surface area contributed by atoms with Crippen molar-refractivity contribution in [1.29, 1.82) is 0 Å². The minimum Gasteiger partial charge on any atom is -0.321 e. The Morgan fingerprint density at radius 2 is 2.28 bits per heavy atom. The second-order valence-corrected chi connectivity index (χ2v) is 5.75. The third-order valence-corrected chi connectivity index (χ3v) is 4.43. The highest BCUT2D eigenvalue weighted by atomic mass is 35.5. The Bertz CT molecular complexity index is 546.